The highest BCUT2D eigenvalue weighted by atomic mass is 19.1. The maximum atomic E-state index is 13.7. The second kappa shape index (κ2) is 9.02. The molecule has 1 aliphatic rings. The van der Waals surface area contributed by atoms with E-state index in [1.165, 1.54) is 12.1 Å². The van der Waals surface area contributed by atoms with E-state index >= 15 is 0 Å². The summed E-state index contributed by atoms with van der Waals surface area (Å²) in [7, 11) is 0. The quantitative estimate of drug-likeness (QED) is 0.669. The highest BCUT2D eigenvalue weighted by Gasteiger charge is 2.31. The van der Waals surface area contributed by atoms with Gasteiger partial charge in [0, 0.05) is 11.9 Å². The van der Waals surface area contributed by atoms with Crippen LogP contribution < -0.4 is 5.56 Å². The molecule has 0 unspecified atom stereocenters. The van der Waals surface area contributed by atoms with Crippen LogP contribution in [-0.4, -0.2) is 32.6 Å². The van der Waals surface area contributed by atoms with Crippen LogP contribution in [-0.2, 0) is 6.54 Å². The lowest BCUT2D eigenvalue weighted by Gasteiger charge is -2.37. The number of piperidine rings is 1. The molecule has 4 rings (SSSR count). The van der Waals surface area contributed by atoms with E-state index in [4.69, 9.17) is 0 Å². The fourth-order valence-electron chi connectivity index (χ4n) is 4.37. The van der Waals surface area contributed by atoms with Gasteiger partial charge in [-0.25, -0.2) is 4.39 Å². The molecule has 5 nitrogen and oxygen atoms in total. The molecule has 31 heavy (non-hydrogen) atoms. The number of aromatic hydroxyl groups is 1. The minimum absolute atomic E-state index is 0.0206. The second-order valence-corrected chi connectivity index (χ2v) is 8.47. The molecule has 1 saturated heterocycles. The number of nitrogens with zero attached hydrogens (tertiary/aromatic N) is 3. The van der Waals surface area contributed by atoms with E-state index in [9.17, 15) is 14.3 Å². The first kappa shape index (κ1) is 21.2. The number of hydrogen-bond donors (Lipinski definition) is 1. The van der Waals surface area contributed by atoms with Crippen molar-refractivity contribution in [1.82, 2.24) is 14.5 Å². The minimum Gasteiger partial charge on any atom is -0.507 e. The SMILES string of the molecule is Cc1cc(O)c([C@H](c2ccc(F)cc2)N2CCC(C)CC2)c(=O)n1Cc1ccccn1. The van der Waals surface area contributed by atoms with Gasteiger partial charge in [0.05, 0.1) is 23.8 Å². The topological polar surface area (TPSA) is 58.4 Å². The fourth-order valence-corrected chi connectivity index (χ4v) is 4.37. The van der Waals surface area contributed by atoms with Gasteiger partial charge in [0.15, 0.2) is 0 Å². The number of aromatic nitrogens is 2. The van der Waals surface area contributed by atoms with Crippen LogP contribution in [0.1, 0.15) is 48.3 Å². The molecular weight excluding hydrogens is 393 g/mol. The molecule has 1 atom stereocenters. The van der Waals surface area contributed by atoms with Gasteiger partial charge in [-0.2, -0.15) is 0 Å². The predicted molar refractivity (Wildman–Crippen MR) is 119 cm³/mol. The standard InChI is InChI=1S/C25H28FN3O2/c1-17-10-13-28(14-11-17)24(19-6-8-20(26)9-7-19)23-22(30)15-18(2)29(25(23)31)16-21-5-3-4-12-27-21/h3-9,12,15,17,24,30H,10-11,13-14,16H2,1-2H3/t24-/m0/s1. The van der Waals surface area contributed by atoms with Gasteiger partial charge in [-0.1, -0.05) is 25.1 Å². The van der Waals surface area contributed by atoms with Crippen molar-refractivity contribution in [3.05, 3.63) is 93.4 Å². The lowest BCUT2D eigenvalue weighted by Crippen LogP contribution is -2.40. The Kier molecular flexibility index (Phi) is 6.18. The zero-order valence-corrected chi connectivity index (χ0v) is 18.0. The molecule has 0 saturated carbocycles. The highest BCUT2D eigenvalue weighted by molar-refractivity contribution is 5.41. The Morgan fingerprint density at radius 2 is 1.87 bits per heavy atom. The Balaban J connectivity index is 1.83. The third kappa shape index (κ3) is 4.54. The van der Waals surface area contributed by atoms with Gasteiger partial charge < -0.3 is 9.67 Å². The van der Waals surface area contributed by atoms with Gasteiger partial charge in [0.2, 0.25) is 0 Å². The van der Waals surface area contributed by atoms with Crippen LogP contribution in [0, 0.1) is 18.7 Å². The van der Waals surface area contributed by atoms with Crippen LogP contribution in [0.15, 0.2) is 59.5 Å². The molecule has 3 heterocycles. The van der Waals surface area contributed by atoms with Gasteiger partial charge in [0.1, 0.15) is 11.6 Å². The maximum absolute atomic E-state index is 13.7. The molecule has 6 heteroatoms. The normalized spacial score (nSPS) is 16.4. The monoisotopic (exact) mass is 421 g/mol. The summed E-state index contributed by atoms with van der Waals surface area (Å²) in [5.41, 5.74) is 2.34. The molecule has 2 aromatic heterocycles. The smallest absolute Gasteiger partial charge is 0.260 e. The van der Waals surface area contributed by atoms with Crippen LogP contribution >= 0.6 is 0 Å². The van der Waals surface area contributed by atoms with Crippen molar-refractivity contribution in [3.63, 3.8) is 0 Å². The zero-order chi connectivity index (χ0) is 22.0. The summed E-state index contributed by atoms with van der Waals surface area (Å²) < 4.78 is 15.3. The molecule has 1 aromatic carbocycles. The van der Waals surface area contributed by atoms with Crippen molar-refractivity contribution in [2.24, 2.45) is 5.92 Å². The molecular formula is C25H28FN3O2. The van der Waals surface area contributed by atoms with Gasteiger partial charge in [-0.05, 0) is 74.7 Å². The molecule has 162 valence electrons. The van der Waals surface area contributed by atoms with E-state index in [-0.39, 0.29) is 17.1 Å². The third-order valence-electron chi connectivity index (χ3n) is 6.21. The van der Waals surface area contributed by atoms with Crippen molar-refractivity contribution < 1.29 is 9.50 Å². The Morgan fingerprint density at radius 3 is 2.52 bits per heavy atom. The van der Waals surface area contributed by atoms with Crippen molar-refractivity contribution in [1.29, 1.82) is 0 Å². The maximum Gasteiger partial charge on any atom is 0.260 e. The van der Waals surface area contributed by atoms with E-state index in [0.717, 1.165) is 37.2 Å². The summed E-state index contributed by atoms with van der Waals surface area (Å²) in [5, 5.41) is 10.9. The van der Waals surface area contributed by atoms with Crippen LogP contribution in [0.2, 0.25) is 0 Å². The van der Waals surface area contributed by atoms with Crippen LogP contribution in [0.3, 0.4) is 0 Å². The van der Waals surface area contributed by atoms with Crippen LogP contribution in [0.25, 0.3) is 0 Å². The number of aryl methyl sites for hydroxylation is 1. The summed E-state index contributed by atoms with van der Waals surface area (Å²) in [6, 6.07) is 13.0. The first-order valence-electron chi connectivity index (χ1n) is 10.8. The lowest BCUT2D eigenvalue weighted by molar-refractivity contribution is 0.154. The number of benzene rings is 1. The van der Waals surface area contributed by atoms with Gasteiger partial charge in [0.25, 0.3) is 5.56 Å². The largest absolute Gasteiger partial charge is 0.507 e. The third-order valence-corrected chi connectivity index (χ3v) is 6.21. The van der Waals surface area contributed by atoms with Crippen molar-refractivity contribution >= 4 is 0 Å². The predicted octanol–water partition coefficient (Wildman–Crippen LogP) is 4.27. The van der Waals surface area contributed by atoms with Crippen LogP contribution in [0.5, 0.6) is 5.75 Å². The summed E-state index contributed by atoms with van der Waals surface area (Å²) >= 11 is 0. The van der Waals surface area contributed by atoms with E-state index in [2.05, 4.69) is 16.8 Å². The average molecular weight is 422 g/mol. The molecule has 0 amide bonds. The Labute approximate surface area is 181 Å². The molecule has 0 aliphatic carbocycles. The second-order valence-electron chi connectivity index (χ2n) is 8.47. The fraction of sp³-hybridized carbons (Fsp3) is 0.360. The number of likely N-dealkylation sites (tertiary alicyclic amines) is 1. The summed E-state index contributed by atoms with van der Waals surface area (Å²) in [6.45, 7) is 6.00. The molecule has 1 fully saturated rings. The van der Waals surface area contributed by atoms with Crippen molar-refractivity contribution in [2.45, 2.75) is 39.3 Å². The van der Waals surface area contributed by atoms with Gasteiger partial charge in [-0.15, -0.1) is 0 Å². The Bertz CT molecular complexity index is 1090. The Hall–Kier alpha value is -2.99. The number of rotatable bonds is 5. The van der Waals surface area contributed by atoms with Gasteiger partial charge >= 0.3 is 0 Å². The zero-order valence-electron chi connectivity index (χ0n) is 18.0. The molecule has 0 bridgehead atoms. The van der Waals surface area contributed by atoms with E-state index in [1.54, 1.807) is 29.0 Å². The van der Waals surface area contributed by atoms with E-state index in [0.29, 0.717) is 23.7 Å². The van der Waals surface area contributed by atoms with Gasteiger partial charge in [-0.3, -0.25) is 14.7 Å². The Morgan fingerprint density at radius 1 is 1.16 bits per heavy atom. The summed E-state index contributed by atoms with van der Waals surface area (Å²) in [5.74, 6) is 0.278. The first-order chi connectivity index (χ1) is 14.9. The number of halogens is 1. The molecule has 0 spiro atoms. The first-order valence-corrected chi connectivity index (χ1v) is 10.8. The minimum atomic E-state index is -0.434. The molecule has 1 aliphatic heterocycles. The van der Waals surface area contributed by atoms with Crippen molar-refractivity contribution in [2.75, 3.05) is 13.1 Å². The molecule has 3 aromatic rings. The molecule has 0 radical (unpaired) electrons. The lowest BCUT2D eigenvalue weighted by atomic mass is 9.92. The van der Waals surface area contributed by atoms with E-state index in [1.807, 2.05) is 25.1 Å². The molecule has 1 N–H and O–H groups in total. The summed E-state index contributed by atoms with van der Waals surface area (Å²) in [4.78, 5) is 20.2. The van der Waals surface area contributed by atoms with Crippen LogP contribution in [0.4, 0.5) is 4.39 Å². The summed E-state index contributed by atoms with van der Waals surface area (Å²) in [6.07, 6.45) is 3.74. The van der Waals surface area contributed by atoms with Crippen molar-refractivity contribution in [3.8, 4) is 5.75 Å². The number of pyridine rings is 2. The average Bonchev–Trinajstić information content (AvgIpc) is 2.76. The highest BCUT2D eigenvalue weighted by Crippen LogP contribution is 2.35. The van der Waals surface area contributed by atoms with E-state index < -0.39 is 6.04 Å². The number of hydrogen-bond acceptors (Lipinski definition) is 4.